The van der Waals surface area contributed by atoms with Crippen LogP contribution in [0.4, 0.5) is 5.69 Å². The third-order valence-corrected chi connectivity index (χ3v) is 4.15. The van der Waals surface area contributed by atoms with Gasteiger partial charge in [-0.15, -0.1) is 0 Å². The quantitative estimate of drug-likeness (QED) is 0.537. The minimum atomic E-state index is -0.438. The molecule has 2 rings (SSSR count). The zero-order chi connectivity index (χ0) is 18.4. The Hall–Kier alpha value is -2.77. The summed E-state index contributed by atoms with van der Waals surface area (Å²) in [6.07, 6.45) is 2.22. The van der Waals surface area contributed by atoms with Crippen molar-refractivity contribution in [3.05, 3.63) is 51.7 Å². The smallest absolute Gasteiger partial charge is 0.269 e. The Kier molecular flexibility index (Phi) is 6.21. The zero-order valence-corrected chi connectivity index (χ0v) is 14.6. The monoisotopic (exact) mass is 346 g/mol. The summed E-state index contributed by atoms with van der Waals surface area (Å²) in [6.45, 7) is 3.80. The van der Waals surface area contributed by atoms with Gasteiger partial charge in [0.1, 0.15) is 0 Å². The van der Waals surface area contributed by atoms with Crippen molar-refractivity contribution in [2.24, 2.45) is 0 Å². The van der Waals surface area contributed by atoms with E-state index in [1.807, 2.05) is 13.8 Å². The fourth-order valence-electron chi connectivity index (χ4n) is 2.44. The molecule has 0 radical (unpaired) electrons. The van der Waals surface area contributed by atoms with E-state index >= 15 is 0 Å². The second kappa shape index (κ2) is 8.36. The highest BCUT2D eigenvalue weighted by Gasteiger charge is 2.19. The molecule has 0 saturated heterocycles. The van der Waals surface area contributed by atoms with Crippen molar-refractivity contribution in [1.29, 1.82) is 0 Å². The number of carbonyl (C=O) groups is 1. The van der Waals surface area contributed by atoms with Crippen molar-refractivity contribution < 1.29 is 14.2 Å². The second-order valence-corrected chi connectivity index (χ2v) is 5.84. The van der Waals surface area contributed by atoms with Gasteiger partial charge >= 0.3 is 0 Å². The van der Waals surface area contributed by atoms with Crippen LogP contribution in [0.25, 0.3) is 0 Å². The fraction of sp³-hybridized carbons (Fsp3) is 0.471. The average Bonchev–Trinajstić information content (AvgIpc) is 3.08. The molecule has 0 N–H and O–H groups in total. The summed E-state index contributed by atoms with van der Waals surface area (Å²) in [7, 11) is 1.70. The lowest BCUT2D eigenvalue weighted by Gasteiger charge is -2.25. The Morgan fingerprint density at radius 1 is 1.44 bits per heavy atom. The van der Waals surface area contributed by atoms with Gasteiger partial charge in [-0.3, -0.25) is 14.9 Å². The van der Waals surface area contributed by atoms with Crippen LogP contribution in [-0.4, -0.2) is 32.9 Å². The van der Waals surface area contributed by atoms with Gasteiger partial charge in [-0.05, 0) is 18.9 Å². The summed E-state index contributed by atoms with van der Waals surface area (Å²) in [6, 6.07) is 6.10. The fourth-order valence-corrected chi connectivity index (χ4v) is 2.44. The van der Waals surface area contributed by atoms with Gasteiger partial charge in [-0.1, -0.05) is 24.2 Å². The SMILES string of the molecule is CCc1noc(CCCC(=O)N(C)[C@@H](C)c2cccc([N+](=O)[O-])c2)n1. The molecule has 0 aliphatic rings. The lowest BCUT2D eigenvalue weighted by atomic mass is 10.1. The van der Waals surface area contributed by atoms with Gasteiger partial charge in [0.25, 0.3) is 5.69 Å². The van der Waals surface area contributed by atoms with Crippen molar-refractivity contribution in [3.63, 3.8) is 0 Å². The highest BCUT2D eigenvalue weighted by atomic mass is 16.6. The molecule has 1 aromatic heterocycles. The summed E-state index contributed by atoms with van der Waals surface area (Å²) in [5.41, 5.74) is 0.753. The standard InChI is InChI=1S/C17H22N4O4/c1-4-15-18-16(25-19-15)9-6-10-17(22)20(3)12(2)13-7-5-8-14(11-13)21(23)24/h5,7-8,11-12H,4,6,9-10H2,1-3H3/t12-/m0/s1. The van der Waals surface area contributed by atoms with Gasteiger partial charge in [0.05, 0.1) is 11.0 Å². The lowest BCUT2D eigenvalue weighted by Crippen LogP contribution is -2.29. The Balaban J connectivity index is 1.90. The Labute approximate surface area is 146 Å². The number of carbonyl (C=O) groups excluding carboxylic acids is 1. The van der Waals surface area contributed by atoms with E-state index in [1.165, 1.54) is 12.1 Å². The topological polar surface area (TPSA) is 102 Å². The number of nitro benzene ring substituents is 1. The Morgan fingerprint density at radius 3 is 2.84 bits per heavy atom. The van der Waals surface area contributed by atoms with Crippen molar-refractivity contribution >= 4 is 11.6 Å². The number of aromatic nitrogens is 2. The highest BCUT2D eigenvalue weighted by Crippen LogP contribution is 2.23. The Morgan fingerprint density at radius 2 is 2.20 bits per heavy atom. The summed E-state index contributed by atoms with van der Waals surface area (Å²) in [4.78, 5) is 28.6. The van der Waals surface area contributed by atoms with Crippen LogP contribution < -0.4 is 0 Å². The largest absolute Gasteiger partial charge is 0.339 e. The van der Waals surface area contributed by atoms with Crippen LogP contribution in [0.1, 0.15) is 50.0 Å². The summed E-state index contributed by atoms with van der Waals surface area (Å²) < 4.78 is 5.10. The van der Waals surface area contributed by atoms with Crippen LogP contribution in [0.5, 0.6) is 0 Å². The first kappa shape index (κ1) is 18.6. The van der Waals surface area contributed by atoms with E-state index in [4.69, 9.17) is 4.52 Å². The van der Waals surface area contributed by atoms with E-state index in [2.05, 4.69) is 10.1 Å². The minimum Gasteiger partial charge on any atom is -0.339 e. The van der Waals surface area contributed by atoms with Gasteiger partial charge in [0.15, 0.2) is 5.82 Å². The molecule has 0 unspecified atom stereocenters. The molecule has 8 heteroatoms. The average molecular weight is 346 g/mol. The molecular weight excluding hydrogens is 324 g/mol. The van der Waals surface area contributed by atoms with Crippen molar-refractivity contribution in [2.75, 3.05) is 7.05 Å². The molecule has 1 amide bonds. The maximum Gasteiger partial charge on any atom is 0.269 e. The van der Waals surface area contributed by atoms with E-state index in [9.17, 15) is 14.9 Å². The van der Waals surface area contributed by atoms with E-state index in [0.717, 1.165) is 5.56 Å². The first-order valence-electron chi connectivity index (χ1n) is 8.23. The molecule has 0 saturated carbocycles. The summed E-state index contributed by atoms with van der Waals surface area (Å²) >= 11 is 0. The van der Waals surface area contributed by atoms with E-state index in [-0.39, 0.29) is 17.6 Å². The number of benzene rings is 1. The molecular formula is C17H22N4O4. The van der Waals surface area contributed by atoms with E-state index in [0.29, 0.717) is 37.4 Å². The second-order valence-electron chi connectivity index (χ2n) is 5.84. The van der Waals surface area contributed by atoms with Crippen LogP contribution in [0, 0.1) is 10.1 Å². The number of rotatable bonds is 8. The summed E-state index contributed by atoms with van der Waals surface area (Å²) in [5, 5.41) is 14.7. The third kappa shape index (κ3) is 4.85. The first-order chi connectivity index (χ1) is 11.9. The molecule has 0 aliphatic heterocycles. The molecule has 134 valence electrons. The number of aryl methyl sites for hydroxylation is 2. The zero-order valence-electron chi connectivity index (χ0n) is 14.6. The molecule has 0 spiro atoms. The van der Waals surface area contributed by atoms with Gasteiger partial charge in [0, 0.05) is 38.4 Å². The van der Waals surface area contributed by atoms with Crippen LogP contribution in [0.2, 0.25) is 0 Å². The van der Waals surface area contributed by atoms with Crippen LogP contribution in [0.15, 0.2) is 28.8 Å². The van der Waals surface area contributed by atoms with Crippen molar-refractivity contribution in [2.45, 2.75) is 45.6 Å². The van der Waals surface area contributed by atoms with Crippen molar-refractivity contribution in [3.8, 4) is 0 Å². The molecule has 1 atom stereocenters. The third-order valence-electron chi connectivity index (χ3n) is 4.15. The molecule has 0 fully saturated rings. The molecule has 2 aromatic rings. The number of hydrogen-bond acceptors (Lipinski definition) is 6. The normalized spacial score (nSPS) is 12.0. The van der Waals surface area contributed by atoms with Crippen LogP contribution in [-0.2, 0) is 17.6 Å². The minimum absolute atomic E-state index is 0.0216. The number of nitrogens with zero attached hydrogens (tertiary/aromatic N) is 4. The lowest BCUT2D eigenvalue weighted by molar-refractivity contribution is -0.384. The van der Waals surface area contributed by atoms with Crippen LogP contribution >= 0.6 is 0 Å². The van der Waals surface area contributed by atoms with E-state index in [1.54, 1.807) is 24.1 Å². The molecule has 1 aromatic carbocycles. The summed E-state index contributed by atoms with van der Waals surface area (Å²) in [5.74, 6) is 1.17. The van der Waals surface area contributed by atoms with Gasteiger partial charge in [0.2, 0.25) is 11.8 Å². The number of amides is 1. The predicted octanol–water partition coefficient (Wildman–Crippen LogP) is 3.08. The van der Waals surface area contributed by atoms with E-state index < -0.39 is 4.92 Å². The number of hydrogen-bond donors (Lipinski definition) is 0. The molecule has 8 nitrogen and oxygen atoms in total. The number of non-ortho nitro benzene ring substituents is 1. The van der Waals surface area contributed by atoms with Crippen molar-refractivity contribution in [1.82, 2.24) is 15.0 Å². The first-order valence-corrected chi connectivity index (χ1v) is 8.23. The highest BCUT2D eigenvalue weighted by molar-refractivity contribution is 5.76. The molecule has 0 bridgehead atoms. The van der Waals surface area contributed by atoms with Gasteiger partial charge in [-0.2, -0.15) is 4.98 Å². The van der Waals surface area contributed by atoms with Gasteiger partial charge in [-0.25, -0.2) is 0 Å². The molecule has 25 heavy (non-hydrogen) atoms. The maximum absolute atomic E-state index is 12.4. The molecule has 0 aliphatic carbocycles. The maximum atomic E-state index is 12.4. The number of nitro groups is 1. The van der Waals surface area contributed by atoms with Gasteiger partial charge < -0.3 is 9.42 Å². The molecule has 1 heterocycles. The predicted molar refractivity (Wildman–Crippen MR) is 90.9 cm³/mol. The van der Waals surface area contributed by atoms with Crippen LogP contribution in [0.3, 0.4) is 0 Å². The Bertz CT molecular complexity index is 744.